The predicted molar refractivity (Wildman–Crippen MR) is 69.7 cm³/mol. The first-order chi connectivity index (χ1) is 7.18. The van der Waals surface area contributed by atoms with Crippen LogP contribution in [0.15, 0.2) is 29.6 Å². The van der Waals surface area contributed by atoms with E-state index < -0.39 is 0 Å². The van der Waals surface area contributed by atoms with Crippen LogP contribution in [0.4, 0.5) is 0 Å². The van der Waals surface area contributed by atoms with Gasteiger partial charge in [0.2, 0.25) is 5.78 Å². The molecular weight excluding hydrogens is 345 g/mol. The topological polar surface area (TPSA) is 30.0 Å². The highest BCUT2D eigenvalue weighted by Crippen LogP contribution is 2.21. The Bertz CT molecular complexity index is 498. The van der Waals surface area contributed by atoms with E-state index >= 15 is 0 Å². The maximum atomic E-state index is 11.9. The summed E-state index contributed by atoms with van der Waals surface area (Å²) in [5, 5.41) is 2.37. The zero-order chi connectivity index (χ0) is 10.8. The number of ketones is 1. The van der Waals surface area contributed by atoms with Crippen molar-refractivity contribution in [3.05, 3.63) is 49.5 Å². The Kier molecular flexibility index (Phi) is 3.38. The van der Waals surface area contributed by atoms with Crippen LogP contribution in [0.1, 0.15) is 16.1 Å². The molecule has 0 saturated heterocycles. The number of rotatable bonds is 2. The van der Waals surface area contributed by atoms with Crippen molar-refractivity contribution in [2.75, 3.05) is 0 Å². The SMILES string of the molecule is O=C(c1ccc(I)c(Cl)c1)c1ccsn1. The number of carbonyl (C=O) groups is 1. The number of aromatic nitrogens is 1. The van der Waals surface area contributed by atoms with Crippen LogP contribution in [0.2, 0.25) is 5.02 Å². The maximum absolute atomic E-state index is 11.9. The fourth-order valence-electron chi connectivity index (χ4n) is 1.11. The van der Waals surface area contributed by atoms with Gasteiger partial charge < -0.3 is 0 Å². The maximum Gasteiger partial charge on any atom is 0.212 e. The molecule has 0 fully saturated rings. The van der Waals surface area contributed by atoms with E-state index in [9.17, 15) is 4.79 Å². The van der Waals surface area contributed by atoms with E-state index in [-0.39, 0.29) is 5.78 Å². The van der Waals surface area contributed by atoms with Crippen molar-refractivity contribution in [3.63, 3.8) is 0 Å². The van der Waals surface area contributed by atoms with Gasteiger partial charge in [-0.15, -0.1) is 0 Å². The lowest BCUT2D eigenvalue weighted by Gasteiger charge is -2.00. The largest absolute Gasteiger partial charge is 0.287 e. The van der Waals surface area contributed by atoms with Gasteiger partial charge in [-0.1, -0.05) is 11.6 Å². The fourth-order valence-corrected chi connectivity index (χ4v) is 2.14. The molecule has 76 valence electrons. The van der Waals surface area contributed by atoms with Gasteiger partial charge in [0.1, 0.15) is 5.69 Å². The van der Waals surface area contributed by atoms with Crippen LogP contribution >= 0.6 is 45.7 Å². The standard InChI is InChI=1S/C10H5ClINOS/c11-7-5-6(1-2-8(7)12)10(14)9-3-4-15-13-9/h1-5H. The van der Waals surface area contributed by atoms with E-state index in [2.05, 4.69) is 27.0 Å². The molecule has 0 aliphatic carbocycles. The van der Waals surface area contributed by atoms with Crippen LogP contribution in [0.25, 0.3) is 0 Å². The molecule has 0 saturated carbocycles. The third kappa shape index (κ3) is 2.38. The third-order valence-corrected chi connectivity index (χ3v) is 3.98. The lowest BCUT2D eigenvalue weighted by molar-refractivity contribution is 0.103. The molecule has 1 aromatic heterocycles. The first-order valence-electron chi connectivity index (χ1n) is 4.08. The molecular formula is C10H5ClINOS. The molecule has 0 N–H and O–H groups in total. The lowest BCUT2D eigenvalue weighted by atomic mass is 10.1. The summed E-state index contributed by atoms with van der Waals surface area (Å²) in [7, 11) is 0. The average Bonchev–Trinajstić information content (AvgIpc) is 2.74. The summed E-state index contributed by atoms with van der Waals surface area (Å²) < 4.78 is 4.93. The minimum absolute atomic E-state index is 0.0884. The Hall–Kier alpha value is -0.460. The third-order valence-electron chi connectivity index (χ3n) is 1.85. The lowest BCUT2D eigenvalue weighted by Crippen LogP contribution is -2.01. The van der Waals surface area contributed by atoms with Gasteiger partial charge in [0.15, 0.2) is 0 Å². The van der Waals surface area contributed by atoms with Crippen molar-refractivity contribution in [2.24, 2.45) is 0 Å². The van der Waals surface area contributed by atoms with Gasteiger partial charge in [0, 0.05) is 14.5 Å². The Morgan fingerprint density at radius 2 is 2.20 bits per heavy atom. The fraction of sp³-hybridized carbons (Fsp3) is 0. The number of carbonyl (C=O) groups excluding carboxylic acids is 1. The van der Waals surface area contributed by atoms with Crippen molar-refractivity contribution in [1.82, 2.24) is 4.37 Å². The molecule has 0 amide bonds. The number of hydrogen-bond acceptors (Lipinski definition) is 3. The molecule has 2 nitrogen and oxygen atoms in total. The van der Waals surface area contributed by atoms with E-state index in [0.717, 1.165) is 3.57 Å². The van der Waals surface area contributed by atoms with Gasteiger partial charge in [-0.05, 0) is 58.4 Å². The Morgan fingerprint density at radius 3 is 2.80 bits per heavy atom. The highest BCUT2D eigenvalue weighted by molar-refractivity contribution is 14.1. The van der Waals surface area contributed by atoms with Crippen LogP contribution in [-0.4, -0.2) is 10.2 Å². The summed E-state index contributed by atoms with van der Waals surface area (Å²) in [5.74, 6) is -0.0884. The van der Waals surface area contributed by atoms with E-state index in [1.807, 2.05) is 6.07 Å². The normalized spacial score (nSPS) is 10.3. The molecule has 2 rings (SSSR count). The zero-order valence-electron chi connectivity index (χ0n) is 7.41. The van der Waals surface area contributed by atoms with Crippen LogP contribution in [-0.2, 0) is 0 Å². The van der Waals surface area contributed by atoms with Crippen LogP contribution in [0, 0.1) is 3.57 Å². The molecule has 0 bridgehead atoms. The van der Waals surface area contributed by atoms with E-state index in [1.54, 1.807) is 23.6 Å². The molecule has 0 aliphatic rings. The molecule has 1 heterocycles. The zero-order valence-corrected chi connectivity index (χ0v) is 11.1. The number of nitrogens with zero attached hydrogens (tertiary/aromatic N) is 1. The van der Waals surface area contributed by atoms with Crippen molar-refractivity contribution >= 4 is 51.5 Å². The summed E-state index contributed by atoms with van der Waals surface area (Å²) in [6.07, 6.45) is 0. The van der Waals surface area contributed by atoms with Gasteiger partial charge in [-0.25, -0.2) is 0 Å². The Morgan fingerprint density at radius 1 is 1.40 bits per heavy atom. The molecule has 0 aliphatic heterocycles. The molecule has 1 aromatic carbocycles. The summed E-state index contributed by atoms with van der Waals surface area (Å²) in [6.45, 7) is 0. The van der Waals surface area contributed by atoms with Crippen molar-refractivity contribution in [1.29, 1.82) is 0 Å². The monoisotopic (exact) mass is 349 g/mol. The smallest absolute Gasteiger partial charge is 0.212 e. The summed E-state index contributed by atoms with van der Waals surface area (Å²) in [6, 6.07) is 6.96. The van der Waals surface area contributed by atoms with Crippen molar-refractivity contribution in [3.8, 4) is 0 Å². The molecule has 0 atom stereocenters. The molecule has 0 radical (unpaired) electrons. The second-order valence-corrected chi connectivity index (χ2v) is 5.08. The van der Waals surface area contributed by atoms with Crippen LogP contribution in [0.5, 0.6) is 0 Å². The van der Waals surface area contributed by atoms with Crippen LogP contribution < -0.4 is 0 Å². The molecule has 15 heavy (non-hydrogen) atoms. The van der Waals surface area contributed by atoms with Crippen molar-refractivity contribution < 1.29 is 4.79 Å². The second kappa shape index (κ2) is 4.59. The summed E-state index contributed by atoms with van der Waals surface area (Å²) in [5.41, 5.74) is 1.04. The number of halogens is 2. The Labute approximate surface area is 110 Å². The number of hydrogen-bond donors (Lipinski definition) is 0. The van der Waals surface area contributed by atoms with Gasteiger partial charge >= 0.3 is 0 Å². The molecule has 2 aromatic rings. The first kappa shape index (κ1) is 11.0. The van der Waals surface area contributed by atoms with Gasteiger partial charge in [-0.3, -0.25) is 4.79 Å². The number of benzene rings is 1. The Balaban J connectivity index is 2.39. The van der Waals surface area contributed by atoms with Crippen LogP contribution in [0.3, 0.4) is 0 Å². The molecule has 0 spiro atoms. The van der Waals surface area contributed by atoms with Crippen molar-refractivity contribution in [2.45, 2.75) is 0 Å². The predicted octanol–water partition coefficient (Wildman–Crippen LogP) is 3.63. The molecule has 5 heteroatoms. The van der Waals surface area contributed by atoms with E-state index in [4.69, 9.17) is 11.6 Å². The minimum Gasteiger partial charge on any atom is -0.287 e. The summed E-state index contributed by atoms with van der Waals surface area (Å²) >= 11 is 9.33. The quantitative estimate of drug-likeness (QED) is 0.612. The summed E-state index contributed by atoms with van der Waals surface area (Å²) in [4.78, 5) is 11.9. The minimum atomic E-state index is -0.0884. The van der Waals surface area contributed by atoms with Gasteiger partial charge in [0.25, 0.3) is 0 Å². The highest BCUT2D eigenvalue weighted by Gasteiger charge is 2.11. The highest BCUT2D eigenvalue weighted by atomic mass is 127. The van der Waals surface area contributed by atoms with Gasteiger partial charge in [-0.2, -0.15) is 4.37 Å². The van der Waals surface area contributed by atoms with E-state index in [1.165, 1.54) is 11.5 Å². The van der Waals surface area contributed by atoms with E-state index in [0.29, 0.717) is 16.3 Å². The average molecular weight is 350 g/mol. The second-order valence-electron chi connectivity index (χ2n) is 2.84. The van der Waals surface area contributed by atoms with Gasteiger partial charge in [0.05, 0.1) is 5.02 Å². The first-order valence-corrected chi connectivity index (χ1v) is 6.38. The molecule has 0 unspecified atom stereocenters.